The first-order chi connectivity index (χ1) is 11.6. The minimum atomic E-state index is -0.142. The van der Waals surface area contributed by atoms with E-state index >= 15 is 0 Å². The molecule has 1 aliphatic rings. The van der Waals surface area contributed by atoms with Gasteiger partial charge in [0.15, 0.2) is 0 Å². The Morgan fingerprint density at radius 1 is 1.12 bits per heavy atom. The topological polar surface area (TPSA) is 67.6 Å². The predicted octanol–water partition coefficient (Wildman–Crippen LogP) is 2.97. The normalized spacial score (nSPS) is 14.5. The number of rotatable bonds is 3. The lowest BCUT2D eigenvalue weighted by atomic mass is 10.1. The third kappa shape index (κ3) is 3.36. The van der Waals surface area contributed by atoms with E-state index in [0.717, 1.165) is 29.9 Å². The van der Waals surface area contributed by atoms with Gasteiger partial charge < -0.3 is 20.7 Å². The third-order valence-corrected chi connectivity index (χ3v) is 4.36. The van der Waals surface area contributed by atoms with Crippen LogP contribution in [0.5, 0.6) is 0 Å². The molecule has 1 amide bonds. The van der Waals surface area contributed by atoms with Gasteiger partial charge in [-0.15, -0.1) is 0 Å². The molecule has 3 rings (SSSR count). The van der Waals surface area contributed by atoms with Crippen molar-refractivity contribution in [3.8, 4) is 0 Å². The summed E-state index contributed by atoms with van der Waals surface area (Å²) < 4.78 is 5.41. The van der Waals surface area contributed by atoms with Gasteiger partial charge in [0.1, 0.15) is 0 Å². The number of morpholine rings is 1. The van der Waals surface area contributed by atoms with Crippen molar-refractivity contribution in [3.63, 3.8) is 0 Å². The average Bonchev–Trinajstić information content (AvgIpc) is 2.58. The lowest BCUT2D eigenvalue weighted by Gasteiger charge is -2.30. The molecule has 1 fully saturated rings. The smallest absolute Gasteiger partial charge is 0.255 e. The minimum absolute atomic E-state index is 0.142. The number of nitrogens with one attached hydrogen (secondary N) is 1. The Morgan fingerprint density at radius 3 is 2.54 bits per heavy atom. The quantitative estimate of drug-likeness (QED) is 0.851. The summed E-state index contributed by atoms with van der Waals surface area (Å²) in [5.41, 5.74) is 11.1. The zero-order valence-corrected chi connectivity index (χ0v) is 14.1. The zero-order valence-electron chi connectivity index (χ0n) is 14.1. The van der Waals surface area contributed by atoms with Crippen molar-refractivity contribution in [1.82, 2.24) is 0 Å². The molecule has 3 N–H and O–H groups in total. The molecular weight excluding hydrogens is 302 g/mol. The van der Waals surface area contributed by atoms with Crippen molar-refractivity contribution in [3.05, 3.63) is 53.1 Å². The van der Waals surface area contributed by atoms with Gasteiger partial charge in [0.2, 0.25) is 0 Å². The highest BCUT2D eigenvalue weighted by Gasteiger charge is 2.17. The van der Waals surface area contributed by atoms with Crippen LogP contribution >= 0.6 is 0 Å². The first kappa shape index (κ1) is 16.3. The predicted molar refractivity (Wildman–Crippen MR) is 97.8 cm³/mol. The minimum Gasteiger partial charge on any atom is -0.397 e. The summed E-state index contributed by atoms with van der Waals surface area (Å²) in [6.45, 7) is 7.08. The third-order valence-electron chi connectivity index (χ3n) is 4.36. The van der Waals surface area contributed by atoms with Gasteiger partial charge in [0.05, 0.1) is 24.6 Å². The van der Waals surface area contributed by atoms with Crippen LogP contribution in [-0.2, 0) is 4.74 Å². The van der Waals surface area contributed by atoms with Crippen LogP contribution in [0, 0.1) is 13.8 Å². The second-order valence-electron chi connectivity index (χ2n) is 6.09. The summed E-state index contributed by atoms with van der Waals surface area (Å²) in [6, 6.07) is 11.4. The van der Waals surface area contributed by atoms with Crippen molar-refractivity contribution in [1.29, 1.82) is 0 Å². The van der Waals surface area contributed by atoms with E-state index in [2.05, 4.69) is 10.2 Å². The molecule has 2 aromatic carbocycles. The molecule has 24 heavy (non-hydrogen) atoms. The van der Waals surface area contributed by atoms with E-state index in [9.17, 15) is 4.79 Å². The van der Waals surface area contributed by atoms with Crippen LogP contribution in [0.4, 0.5) is 17.1 Å². The highest BCUT2D eigenvalue weighted by Crippen LogP contribution is 2.30. The van der Waals surface area contributed by atoms with Crippen LogP contribution in [-0.4, -0.2) is 32.2 Å². The van der Waals surface area contributed by atoms with Gasteiger partial charge >= 0.3 is 0 Å². The largest absolute Gasteiger partial charge is 0.397 e. The van der Waals surface area contributed by atoms with Crippen LogP contribution < -0.4 is 16.0 Å². The number of carbonyl (C=O) groups is 1. The van der Waals surface area contributed by atoms with Gasteiger partial charge in [0, 0.05) is 24.3 Å². The Morgan fingerprint density at radius 2 is 1.83 bits per heavy atom. The van der Waals surface area contributed by atoms with E-state index in [4.69, 9.17) is 10.5 Å². The Hall–Kier alpha value is -2.53. The van der Waals surface area contributed by atoms with E-state index in [1.807, 2.05) is 50.2 Å². The summed E-state index contributed by atoms with van der Waals surface area (Å²) in [4.78, 5) is 14.8. The maximum absolute atomic E-state index is 12.6. The lowest BCUT2D eigenvalue weighted by Crippen LogP contribution is -2.36. The van der Waals surface area contributed by atoms with Gasteiger partial charge in [-0.3, -0.25) is 4.79 Å². The number of aryl methyl sites for hydroxylation is 2. The summed E-state index contributed by atoms with van der Waals surface area (Å²) in [6.07, 6.45) is 0. The fraction of sp³-hybridized carbons (Fsp3) is 0.316. The summed E-state index contributed by atoms with van der Waals surface area (Å²) in [5, 5.41) is 2.95. The van der Waals surface area contributed by atoms with Crippen molar-refractivity contribution < 1.29 is 9.53 Å². The van der Waals surface area contributed by atoms with E-state index in [-0.39, 0.29) is 5.91 Å². The molecule has 0 spiro atoms. The number of ether oxygens (including phenoxy) is 1. The first-order valence-electron chi connectivity index (χ1n) is 8.16. The molecule has 2 aromatic rings. The maximum atomic E-state index is 12.6. The first-order valence-corrected chi connectivity index (χ1v) is 8.16. The second kappa shape index (κ2) is 6.93. The number of benzene rings is 2. The Balaban J connectivity index is 1.87. The number of nitrogens with zero attached hydrogens (tertiary/aromatic N) is 1. The highest BCUT2D eigenvalue weighted by atomic mass is 16.5. The Bertz CT molecular complexity index is 752. The fourth-order valence-electron chi connectivity index (χ4n) is 2.99. The number of nitrogen functional groups attached to an aromatic ring is 1. The monoisotopic (exact) mass is 325 g/mol. The van der Waals surface area contributed by atoms with Gasteiger partial charge in [0.25, 0.3) is 5.91 Å². The number of hydrogen-bond donors (Lipinski definition) is 2. The van der Waals surface area contributed by atoms with Crippen LogP contribution in [0.25, 0.3) is 0 Å². The highest BCUT2D eigenvalue weighted by molar-refractivity contribution is 6.07. The summed E-state index contributed by atoms with van der Waals surface area (Å²) in [5.74, 6) is -0.142. The molecular formula is C19H23N3O2. The molecule has 0 saturated carbocycles. The zero-order chi connectivity index (χ0) is 17.1. The number of hydrogen-bond acceptors (Lipinski definition) is 4. The van der Waals surface area contributed by atoms with E-state index < -0.39 is 0 Å². The van der Waals surface area contributed by atoms with Gasteiger partial charge in [-0.25, -0.2) is 0 Å². The molecule has 1 saturated heterocycles. The lowest BCUT2D eigenvalue weighted by molar-refractivity contribution is 0.102. The van der Waals surface area contributed by atoms with Crippen molar-refractivity contribution in [2.45, 2.75) is 13.8 Å². The van der Waals surface area contributed by atoms with Crippen molar-refractivity contribution >= 4 is 23.0 Å². The van der Waals surface area contributed by atoms with Gasteiger partial charge in [-0.1, -0.05) is 18.2 Å². The maximum Gasteiger partial charge on any atom is 0.255 e. The Labute approximate surface area is 142 Å². The van der Waals surface area contributed by atoms with Crippen LogP contribution in [0.1, 0.15) is 21.5 Å². The molecule has 0 radical (unpaired) electrons. The molecule has 5 heteroatoms. The molecule has 1 aliphatic heterocycles. The number of nitrogens with two attached hydrogens (primary N) is 1. The summed E-state index contributed by atoms with van der Waals surface area (Å²) >= 11 is 0. The number of amides is 1. The molecule has 0 aromatic heterocycles. The molecule has 1 heterocycles. The van der Waals surface area contributed by atoms with Crippen LogP contribution in [0.2, 0.25) is 0 Å². The number of carbonyl (C=O) groups excluding carboxylic acids is 1. The van der Waals surface area contributed by atoms with Crippen LogP contribution in [0.3, 0.4) is 0 Å². The van der Waals surface area contributed by atoms with E-state index in [1.165, 1.54) is 0 Å². The fourth-order valence-corrected chi connectivity index (χ4v) is 2.99. The molecule has 126 valence electrons. The Kier molecular flexibility index (Phi) is 4.71. The average molecular weight is 325 g/mol. The van der Waals surface area contributed by atoms with Crippen molar-refractivity contribution in [2.75, 3.05) is 42.3 Å². The van der Waals surface area contributed by atoms with Gasteiger partial charge in [-0.2, -0.15) is 0 Å². The molecule has 0 atom stereocenters. The van der Waals surface area contributed by atoms with E-state index in [1.54, 1.807) is 0 Å². The molecule has 0 unspecified atom stereocenters. The summed E-state index contributed by atoms with van der Waals surface area (Å²) in [7, 11) is 0. The molecule has 0 aliphatic carbocycles. The van der Waals surface area contributed by atoms with Crippen LogP contribution in [0.15, 0.2) is 36.4 Å². The molecule has 0 bridgehead atoms. The van der Waals surface area contributed by atoms with Crippen molar-refractivity contribution in [2.24, 2.45) is 0 Å². The standard InChI is InChI=1S/C19H23N3O2/c1-13-5-3-4-6-15(13)19(23)21-17-12-18(14(2)11-16(17)20)22-7-9-24-10-8-22/h3-6,11-12H,7-10,20H2,1-2H3,(H,21,23). The number of anilines is 3. The second-order valence-corrected chi connectivity index (χ2v) is 6.09. The van der Waals surface area contributed by atoms with E-state index in [0.29, 0.717) is 30.2 Å². The van der Waals surface area contributed by atoms with Gasteiger partial charge in [-0.05, 0) is 43.2 Å². The molecule has 5 nitrogen and oxygen atoms in total. The SMILES string of the molecule is Cc1ccccc1C(=O)Nc1cc(N2CCOCC2)c(C)cc1N.